The van der Waals surface area contributed by atoms with Gasteiger partial charge < -0.3 is 20.6 Å². The van der Waals surface area contributed by atoms with E-state index < -0.39 is 23.9 Å². The summed E-state index contributed by atoms with van der Waals surface area (Å²) in [6, 6.07) is 33.9. The lowest BCUT2D eigenvalue weighted by Crippen LogP contribution is -2.39. The maximum Gasteiger partial charge on any atom is 0.238 e. The standard InChI is InChI=1S/C44H43N3O5/c1-2-10-30-26-36-42(44(52)47(43(36)51)33-20-18-32(19-21-33)46-31-11-4-3-5-12-31)37(27-48)41(30)40(50)23-17-29(38-15-8-9-24-45-38)25-28-16-22-39(49)35-14-7-6-13-34(28)35/h3-9,11-16,18-22,24-25,36-37,40,42,46,48-50H,2,10,17,23,26-27H2,1H3/b29-25-/t36-,37+,40-,42-/m1/s1. The third kappa shape index (κ3) is 6.87. The number of imide groups is 1. The molecule has 1 saturated heterocycles. The minimum absolute atomic E-state index is 0.208. The molecule has 1 aliphatic carbocycles. The summed E-state index contributed by atoms with van der Waals surface area (Å²) in [5, 5.41) is 38.3. The summed E-state index contributed by atoms with van der Waals surface area (Å²) in [5.74, 6) is -2.44. The molecule has 1 aliphatic heterocycles. The highest BCUT2D eigenvalue weighted by molar-refractivity contribution is 6.22. The molecule has 1 aromatic heterocycles. The van der Waals surface area contributed by atoms with Crippen molar-refractivity contribution < 1.29 is 24.9 Å². The van der Waals surface area contributed by atoms with E-state index in [-0.39, 0.29) is 24.2 Å². The van der Waals surface area contributed by atoms with Crippen LogP contribution in [0.2, 0.25) is 0 Å². The highest BCUT2D eigenvalue weighted by Gasteiger charge is 2.55. The van der Waals surface area contributed by atoms with Gasteiger partial charge in [0.1, 0.15) is 5.75 Å². The van der Waals surface area contributed by atoms with Gasteiger partial charge in [-0.3, -0.25) is 19.5 Å². The van der Waals surface area contributed by atoms with Crippen molar-refractivity contribution in [3.63, 3.8) is 0 Å². The Kier molecular flexibility index (Phi) is 10.3. The molecule has 2 amide bonds. The van der Waals surface area contributed by atoms with Gasteiger partial charge in [-0.05, 0) is 108 Å². The fraction of sp³-hybridized carbons (Fsp3) is 0.250. The molecule has 8 nitrogen and oxygen atoms in total. The molecular formula is C44H43N3O5. The van der Waals surface area contributed by atoms with Gasteiger partial charge in [-0.2, -0.15) is 0 Å². The molecule has 264 valence electrons. The van der Waals surface area contributed by atoms with E-state index in [1.165, 1.54) is 4.90 Å². The fourth-order valence-electron chi connectivity index (χ4n) is 8.03. The molecular weight excluding hydrogens is 650 g/mol. The summed E-state index contributed by atoms with van der Waals surface area (Å²) >= 11 is 0. The number of aromatic hydroxyl groups is 1. The first-order chi connectivity index (χ1) is 25.4. The summed E-state index contributed by atoms with van der Waals surface area (Å²) in [6.45, 7) is 1.70. The number of aliphatic hydroxyl groups excluding tert-OH is 2. The number of aliphatic hydroxyl groups is 2. The minimum atomic E-state index is -0.941. The number of fused-ring (bicyclic) bond motifs is 2. The van der Waals surface area contributed by atoms with Crippen LogP contribution in [0.5, 0.6) is 5.75 Å². The number of pyridine rings is 1. The zero-order valence-electron chi connectivity index (χ0n) is 29.2. The van der Waals surface area contributed by atoms with Crippen LogP contribution in [0.4, 0.5) is 17.1 Å². The highest BCUT2D eigenvalue weighted by Crippen LogP contribution is 2.48. The van der Waals surface area contributed by atoms with Gasteiger partial charge in [0.05, 0.1) is 35.9 Å². The molecule has 0 bridgehead atoms. The molecule has 4 aromatic carbocycles. The summed E-state index contributed by atoms with van der Waals surface area (Å²) in [7, 11) is 0. The van der Waals surface area contributed by atoms with Crippen LogP contribution >= 0.6 is 0 Å². The number of nitrogens with zero attached hydrogens (tertiary/aromatic N) is 2. The largest absolute Gasteiger partial charge is 0.507 e. The van der Waals surface area contributed by atoms with E-state index in [1.807, 2.05) is 91.0 Å². The van der Waals surface area contributed by atoms with Crippen LogP contribution < -0.4 is 10.2 Å². The van der Waals surface area contributed by atoms with Crippen molar-refractivity contribution in [1.29, 1.82) is 0 Å². The van der Waals surface area contributed by atoms with E-state index in [4.69, 9.17) is 0 Å². The van der Waals surface area contributed by atoms with Crippen molar-refractivity contribution >= 4 is 51.3 Å². The van der Waals surface area contributed by atoms with Gasteiger partial charge in [-0.15, -0.1) is 0 Å². The lowest BCUT2D eigenvalue weighted by Gasteiger charge is -2.36. The normalized spacial score (nSPS) is 19.6. The maximum atomic E-state index is 14.2. The monoisotopic (exact) mass is 693 g/mol. The van der Waals surface area contributed by atoms with E-state index in [2.05, 4.69) is 23.3 Å². The van der Waals surface area contributed by atoms with Crippen LogP contribution in [0.1, 0.15) is 50.3 Å². The number of amides is 2. The number of phenolic OH excluding ortho intramolecular Hbond substituents is 1. The van der Waals surface area contributed by atoms with Gasteiger partial charge in [-0.25, -0.2) is 0 Å². The van der Waals surface area contributed by atoms with Crippen LogP contribution in [-0.2, 0) is 9.59 Å². The molecule has 0 spiro atoms. The number of benzene rings is 4. The number of para-hydroxylation sites is 1. The summed E-state index contributed by atoms with van der Waals surface area (Å²) < 4.78 is 0. The van der Waals surface area contributed by atoms with Crippen LogP contribution in [0.3, 0.4) is 0 Å². The molecule has 8 heteroatoms. The van der Waals surface area contributed by atoms with E-state index >= 15 is 0 Å². The molecule has 2 aliphatic rings. The van der Waals surface area contributed by atoms with Gasteiger partial charge in [0.15, 0.2) is 0 Å². The SMILES string of the molecule is CCCC1=C([C@H](O)CC/C(=C/c2ccc(O)c3ccccc23)c2ccccn2)[C@H](CO)[C@@H]2C(=O)N(c3ccc(Nc4ccccc4)cc3)C(=O)[C@@H]2C1. The van der Waals surface area contributed by atoms with Crippen LogP contribution in [0, 0.1) is 17.8 Å². The Hall–Kier alpha value is -5.57. The number of nitrogens with one attached hydrogen (secondary N) is 1. The van der Waals surface area contributed by atoms with Gasteiger partial charge in [0.25, 0.3) is 0 Å². The molecule has 0 saturated carbocycles. The maximum absolute atomic E-state index is 14.2. The van der Waals surface area contributed by atoms with Gasteiger partial charge in [0, 0.05) is 28.9 Å². The Labute approximate surface area is 303 Å². The Morgan fingerprint density at radius 3 is 2.31 bits per heavy atom. The number of carbonyl (C=O) groups excluding carboxylic acids is 2. The number of hydrogen-bond donors (Lipinski definition) is 4. The number of aromatic nitrogens is 1. The summed E-state index contributed by atoms with van der Waals surface area (Å²) in [5.41, 5.74) is 6.49. The third-order valence-corrected chi connectivity index (χ3v) is 10.4. The number of phenols is 1. The van der Waals surface area contributed by atoms with Crippen LogP contribution in [-0.4, -0.2) is 44.8 Å². The van der Waals surface area contributed by atoms with Crippen LogP contribution in [0.15, 0.2) is 127 Å². The van der Waals surface area contributed by atoms with Gasteiger partial charge in [0.2, 0.25) is 11.8 Å². The van der Waals surface area contributed by atoms with Crippen molar-refractivity contribution in [2.24, 2.45) is 17.8 Å². The predicted octanol–water partition coefficient (Wildman–Crippen LogP) is 8.28. The smallest absolute Gasteiger partial charge is 0.238 e. The van der Waals surface area contributed by atoms with E-state index in [0.717, 1.165) is 51.0 Å². The number of anilines is 3. The summed E-state index contributed by atoms with van der Waals surface area (Å²) in [6.07, 6.45) is 5.48. The molecule has 4 atom stereocenters. The average Bonchev–Trinajstić information content (AvgIpc) is 3.43. The van der Waals surface area contributed by atoms with Crippen molar-refractivity contribution in [3.8, 4) is 5.75 Å². The van der Waals surface area contributed by atoms with E-state index in [1.54, 1.807) is 24.4 Å². The molecule has 0 radical (unpaired) electrons. The first-order valence-electron chi connectivity index (χ1n) is 18.0. The first-order valence-corrected chi connectivity index (χ1v) is 18.0. The second kappa shape index (κ2) is 15.4. The molecule has 7 rings (SSSR count). The average molecular weight is 694 g/mol. The third-order valence-electron chi connectivity index (χ3n) is 10.4. The lowest BCUT2D eigenvalue weighted by atomic mass is 9.67. The molecule has 52 heavy (non-hydrogen) atoms. The zero-order chi connectivity index (χ0) is 36.2. The molecule has 1 fully saturated rings. The number of hydrogen-bond acceptors (Lipinski definition) is 7. The topological polar surface area (TPSA) is 123 Å². The Morgan fingerprint density at radius 1 is 0.885 bits per heavy atom. The molecule has 2 heterocycles. The zero-order valence-corrected chi connectivity index (χ0v) is 29.2. The Bertz CT molecular complexity index is 2130. The molecule has 4 N–H and O–H groups in total. The first kappa shape index (κ1) is 34.9. The Balaban J connectivity index is 1.15. The van der Waals surface area contributed by atoms with E-state index in [9.17, 15) is 24.9 Å². The fourth-order valence-corrected chi connectivity index (χ4v) is 8.03. The number of rotatable bonds is 12. The van der Waals surface area contributed by atoms with E-state index in [0.29, 0.717) is 36.9 Å². The van der Waals surface area contributed by atoms with Crippen molar-refractivity contribution in [2.75, 3.05) is 16.8 Å². The van der Waals surface area contributed by atoms with Gasteiger partial charge in [-0.1, -0.05) is 73.5 Å². The quantitative estimate of drug-likeness (QED) is 0.0766. The van der Waals surface area contributed by atoms with Crippen molar-refractivity contribution in [3.05, 3.63) is 138 Å². The number of carbonyl (C=O) groups is 2. The van der Waals surface area contributed by atoms with Gasteiger partial charge >= 0.3 is 0 Å². The van der Waals surface area contributed by atoms with Crippen molar-refractivity contribution in [2.45, 2.75) is 45.1 Å². The van der Waals surface area contributed by atoms with Crippen LogP contribution in [0.25, 0.3) is 22.4 Å². The predicted molar refractivity (Wildman–Crippen MR) is 206 cm³/mol. The second-order valence-corrected chi connectivity index (χ2v) is 13.6. The molecule has 0 unspecified atom stereocenters. The highest BCUT2D eigenvalue weighted by atomic mass is 16.3. The van der Waals surface area contributed by atoms with Crippen molar-refractivity contribution in [1.82, 2.24) is 4.98 Å². The number of allylic oxidation sites excluding steroid dienone is 2. The minimum Gasteiger partial charge on any atom is -0.507 e. The lowest BCUT2D eigenvalue weighted by molar-refractivity contribution is -0.123. The second-order valence-electron chi connectivity index (χ2n) is 13.6. The molecule has 5 aromatic rings. The Morgan fingerprint density at radius 2 is 1.60 bits per heavy atom. The summed E-state index contributed by atoms with van der Waals surface area (Å²) in [4.78, 5) is 34.0.